The highest BCUT2D eigenvalue weighted by molar-refractivity contribution is 5.85. The molecule has 128 valence electrons. The van der Waals surface area contributed by atoms with E-state index in [1.165, 1.54) is 16.3 Å². The maximum atomic E-state index is 9.64. The van der Waals surface area contributed by atoms with E-state index in [9.17, 15) is 10.2 Å². The standard InChI is InChI=1S/C24H20O2/c25-21-12-8-18(9-13-21)24(19-10-14-22(26)15-11-19)16-20-6-3-5-17-4-1-2-7-23(17)20/h1-15,24-26H,16H2. The molecular formula is C24H20O2. The quantitative estimate of drug-likeness (QED) is 0.506. The lowest BCUT2D eigenvalue weighted by atomic mass is 9.84. The second-order valence-electron chi connectivity index (χ2n) is 6.58. The molecule has 4 aromatic rings. The van der Waals surface area contributed by atoms with E-state index in [0.29, 0.717) is 0 Å². The Balaban J connectivity index is 1.79. The lowest BCUT2D eigenvalue weighted by Gasteiger charge is -2.20. The van der Waals surface area contributed by atoms with Crippen molar-refractivity contribution < 1.29 is 10.2 Å². The highest BCUT2D eigenvalue weighted by Crippen LogP contribution is 2.32. The molecule has 2 heteroatoms. The lowest BCUT2D eigenvalue weighted by Crippen LogP contribution is -2.05. The largest absolute Gasteiger partial charge is 0.508 e. The molecular weight excluding hydrogens is 320 g/mol. The van der Waals surface area contributed by atoms with Crippen molar-refractivity contribution in [2.45, 2.75) is 12.3 Å². The van der Waals surface area contributed by atoms with Crippen LogP contribution in [0, 0.1) is 0 Å². The van der Waals surface area contributed by atoms with E-state index >= 15 is 0 Å². The summed E-state index contributed by atoms with van der Waals surface area (Å²) in [5.74, 6) is 0.675. The van der Waals surface area contributed by atoms with Crippen LogP contribution in [0.4, 0.5) is 0 Å². The number of hydrogen-bond donors (Lipinski definition) is 2. The van der Waals surface area contributed by atoms with Crippen molar-refractivity contribution in [3.63, 3.8) is 0 Å². The van der Waals surface area contributed by atoms with Crippen molar-refractivity contribution in [1.29, 1.82) is 0 Å². The van der Waals surface area contributed by atoms with Gasteiger partial charge in [-0.15, -0.1) is 0 Å². The number of aromatic hydroxyl groups is 2. The van der Waals surface area contributed by atoms with Crippen LogP contribution in [0.5, 0.6) is 11.5 Å². The minimum absolute atomic E-state index is 0.141. The average Bonchev–Trinajstić information content (AvgIpc) is 2.68. The molecule has 0 atom stereocenters. The maximum absolute atomic E-state index is 9.64. The van der Waals surface area contributed by atoms with Crippen molar-refractivity contribution in [2.75, 3.05) is 0 Å². The van der Waals surface area contributed by atoms with Crippen LogP contribution in [-0.2, 0) is 6.42 Å². The summed E-state index contributed by atoms with van der Waals surface area (Å²) in [5, 5.41) is 21.8. The predicted molar refractivity (Wildman–Crippen MR) is 106 cm³/mol. The SMILES string of the molecule is Oc1ccc(C(Cc2cccc3ccccc23)c2ccc(O)cc2)cc1. The average molecular weight is 340 g/mol. The number of rotatable bonds is 4. The first-order chi connectivity index (χ1) is 12.7. The van der Waals surface area contributed by atoms with E-state index < -0.39 is 0 Å². The molecule has 4 aromatic carbocycles. The minimum atomic E-state index is 0.141. The molecule has 26 heavy (non-hydrogen) atoms. The van der Waals surface area contributed by atoms with Gasteiger partial charge in [0.05, 0.1) is 0 Å². The van der Waals surface area contributed by atoms with Gasteiger partial charge in [0.25, 0.3) is 0 Å². The third-order valence-electron chi connectivity index (χ3n) is 4.89. The minimum Gasteiger partial charge on any atom is -0.508 e. The molecule has 0 bridgehead atoms. The Labute approximate surface area is 153 Å². The van der Waals surface area contributed by atoms with Crippen LogP contribution in [0.2, 0.25) is 0 Å². The fourth-order valence-electron chi connectivity index (χ4n) is 3.53. The Bertz CT molecular complexity index is 967. The van der Waals surface area contributed by atoms with Crippen LogP contribution in [0.15, 0.2) is 91.0 Å². The summed E-state index contributed by atoms with van der Waals surface area (Å²) < 4.78 is 0. The third-order valence-corrected chi connectivity index (χ3v) is 4.89. The van der Waals surface area contributed by atoms with E-state index in [1.54, 1.807) is 24.3 Å². The summed E-state index contributed by atoms with van der Waals surface area (Å²) in [4.78, 5) is 0. The zero-order chi connectivity index (χ0) is 17.9. The van der Waals surface area contributed by atoms with Crippen LogP contribution in [0.3, 0.4) is 0 Å². The molecule has 0 fully saturated rings. The van der Waals surface area contributed by atoms with E-state index in [1.807, 2.05) is 24.3 Å². The molecule has 0 aliphatic carbocycles. The molecule has 0 radical (unpaired) electrons. The molecule has 0 heterocycles. The molecule has 0 amide bonds. The maximum Gasteiger partial charge on any atom is 0.115 e. The molecule has 2 N–H and O–H groups in total. The van der Waals surface area contributed by atoms with Gasteiger partial charge in [-0.1, -0.05) is 66.7 Å². The van der Waals surface area contributed by atoms with Crippen LogP contribution in [0.1, 0.15) is 22.6 Å². The summed E-state index contributed by atoms with van der Waals surface area (Å²) in [5.41, 5.74) is 3.57. The van der Waals surface area contributed by atoms with Crippen LogP contribution in [-0.4, -0.2) is 10.2 Å². The van der Waals surface area contributed by atoms with Gasteiger partial charge in [0.1, 0.15) is 11.5 Å². The van der Waals surface area contributed by atoms with Crippen LogP contribution >= 0.6 is 0 Å². The second kappa shape index (κ2) is 6.93. The number of phenols is 2. The Morgan fingerprint density at radius 2 is 1.12 bits per heavy atom. The fraction of sp³-hybridized carbons (Fsp3) is 0.0833. The first kappa shape index (κ1) is 16.2. The van der Waals surface area contributed by atoms with E-state index in [4.69, 9.17) is 0 Å². The zero-order valence-corrected chi connectivity index (χ0v) is 14.3. The fourth-order valence-corrected chi connectivity index (χ4v) is 3.53. The summed E-state index contributed by atoms with van der Waals surface area (Å²) in [6.45, 7) is 0. The third kappa shape index (κ3) is 3.27. The number of phenolic OH excluding ortho intramolecular Hbond substituents is 2. The van der Waals surface area contributed by atoms with Gasteiger partial charge in [0, 0.05) is 5.92 Å². The molecule has 0 aliphatic heterocycles. The van der Waals surface area contributed by atoms with Gasteiger partial charge >= 0.3 is 0 Å². The van der Waals surface area contributed by atoms with Crippen LogP contribution < -0.4 is 0 Å². The Morgan fingerprint density at radius 3 is 1.73 bits per heavy atom. The van der Waals surface area contributed by atoms with Gasteiger partial charge in [0.2, 0.25) is 0 Å². The Hall–Kier alpha value is -3.26. The van der Waals surface area contributed by atoms with E-state index in [2.05, 4.69) is 42.5 Å². The Morgan fingerprint density at radius 1 is 0.577 bits per heavy atom. The molecule has 0 aliphatic rings. The monoisotopic (exact) mass is 340 g/mol. The first-order valence-corrected chi connectivity index (χ1v) is 8.75. The van der Waals surface area contributed by atoms with Gasteiger partial charge in [0.15, 0.2) is 0 Å². The number of fused-ring (bicyclic) bond motifs is 1. The first-order valence-electron chi connectivity index (χ1n) is 8.75. The normalized spacial score (nSPS) is 11.1. The zero-order valence-electron chi connectivity index (χ0n) is 14.3. The lowest BCUT2D eigenvalue weighted by molar-refractivity contribution is 0.475. The molecule has 0 unspecified atom stereocenters. The molecule has 0 saturated heterocycles. The number of benzene rings is 4. The van der Waals surface area contributed by atoms with Gasteiger partial charge in [-0.25, -0.2) is 0 Å². The van der Waals surface area contributed by atoms with Gasteiger partial charge < -0.3 is 10.2 Å². The molecule has 0 saturated carbocycles. The topological polar surface area (TPSA) is 40.5 Å². The molecule has 0 spiro atoms. The van der Waals surface area contributed by atoms with Crippen LogP contribution in [0.25, 0.3) is 10.8 Å². The van der Waals surface area contributed by atoms with Gasteiger partial charge in [-0.3, -0.25) is 0 Å². The van der Waals surface area contributed by atoms with E-state index in [-0.39, 0.29) is 17.4 Å². The van der Waals surface area contributed by atoms with Crippen molar-refractivity contribution in [1.82, 2.24) is 0 Å². The van der Waals surface area contributed by atoms with E-state index in [0.717, 1.165) is 17.5 Å². The van der Waals surface area contributed by atoms with Crippen molar-refractivity contribution in [2.24, 2.45) is 0 Å². The second-order valence-corrected chi connectivity index (χ2v) is 6.58. The smallest absolute Gasteiger partial charge is 0.115 e. The summed E-state index contributed by atoms with van der Waals surface area (Å²) in [7, 11) is 0. The molecule has 4 rings (SSSR count). The predicted octanol–water partition coefficient (Wildman–Crippen LogP) is 5.63. The summed E-state index contributed by atoms with van der Waals surface area (Å²) in [6, 6.07) is 29.6. The summed E-state index contributed by atoms with van der Waals surface area (Å²) >= 11 is 0. The highest BCUT2D eigenvalue weighted by Gasteiger charge is 2.16. The van der Waals surface area contributed by atoms with Gasteiger partial charge in [-0.2, -0.15) is 0 Å². The summed E-state index contributed by atoms with van der Waals surface area (Å²) in [6.07, 6.45) is 0.844. The van der Waals surface area contributed by atoms with Crippen molar-refractivity contribution >= 4 is 10.8 Å². The highest BCUT2D eigenvalue weighted by atomic mass is 16.3. The van der Waals surface area contributed by atoms with Crippen molar-refractivity contribution in [3.8, 4) is 11.5 Å². The molecule has 2 nitrogen and oxygen atoms in total. The Kier molecular flexibility index (Phi) is 4.32. The number of hydrogen-bond acceptors (Lipinski definition) is 2. The van der Waals surface area contributed by atoms with Gasteiger partial charge in [-0.05, 0) is 58.1 Å². The van der Waals surface area contributed by atoms with Crippen molar-refractivity contribution in [3.05, 3.63) is 108 Å². The molecule has 0 aromatic heterocycles.